The molecule has 0 spiro atoms. The minimum absolute atomic E-state index is 0.723. The summed E-state index contributed by atoms with van der Waals surface area (Å²) >= 11 is 0. The zero-order valence-electron chi connectivity index (χ0n) is 8.59. The maximum Gasteiger partial charge on any atom is 0.180 e. The summed E-state index contributed by atoms with van der Waals surface area (Å²) in [6.07, 6.45) is 4.14. The van der Waals surface area contributed by atoms with E-state index in [-0.39, 0.29) is 0 Å². The van der Waals surface area contributed by atoms with Crippen molar-refractivity contribution in [3.05, 3.63) is 54.2 Å². The van der Waals surface area contributed by atoms with Crippen molar-refractivity contribution in [2.24, 2.45) is 0 Å². The molecule has 0 aliphatic rings. The molecule has 0 fully saturated rings. The molecule has 3 rings (SSSR count). The molecule has 0 bridgehead atoms. The average Bonchev–Trinajstić information content (AvgIpc) is 2.77. The Kier molecular flexibility index (Phi) is 2.11. The molecule has 0 aliphatic carbocycles. The van der Waals surface area contributed by atoms with Crippen LogP contribution < -0.4 is 0 Å². The number of rotatable bonds is 2. The number of nitrogens with zero attached hydrogens (tertiary/aromatic N) is 3. The monoisotopic (exact) mass is 210 g/mol. The van der Waals surface area contributed by atoms with Crippen molar-refractivity contribution >= 4 is 11.2 Å². The van der Waals surface area contributed by atoms with Crippen molar-refractivity contribution < 1.29 is 0 Å². The molecular weight excluding hydrogens is 200 g/mol. The van der Waals surface area contributed by atoms with Gasteiger partial charge in [0.1, 0.15) is 11.3 Å². The van der Waals surface area contributed by atoms with Crippen LogP contribution in [0.3, 0.4) is 0 Å². The molecule has 0 saturated carbocycles. The van der Waals surface area contributed by atoms with Gasteiger partial charge in [-0.2, -0.15) is 0 Å². The first-order valence-corrected chi connectivity index (χ1v) is 5.11. The van der Waals surface area contributed by atoms with Gasteiger partial charge in [0.05, 0.1) is 12.5 Å². The highest BCUT2D eigenvalue weighted by Crippen LogP contribution is 2.08. The smallest absolute Gasteiger partial charge is 0.180 e. The van der Waals surface area contributed by atoms with Gasteiger partial charge in [-0.1, -0.05) is 30.3 Å². The van der Waals surface area contributed by atoms with E-state index in [4.69, 9.17) is 0 Å². The Labute approximate surface area is 92.4 Å². The topological polar surface area (TPSA) is 54.5 Å². The highest BCUT2D eigenvalue weighted by molar-refractivity contribution is 5.68. The lowest BCUT2D eigenvalue weighted by Crippen LogP contribution is -1.96. The van der Waals surface area contributed by atoms with E-state index in [1.165, 1.54) is 5.56 Å². The Morgan fingerprint density at radius 3 is 2.81 bits per heavy atom. The number of nitrogens with one attached hydrogen (secondary N) is 1. The van der Waals surface area contributed by atoms with Crippen LogP contribution in [0.25, 0.3) is 11.2 Å². The molecule has 0 saturated heterocycles. The number of benzene rings is 1. The van der Waals surface area contributed by atoms with Crippen LogP contribution in [0.5, 0.6) is 0 Å². The minimum Gasteiger partial charge on any atom is -0.342 e. The lowest BCUT2D eigenvalue weighted by Gasteiger charge is -1.99. The van der Waals surface area contributed by atoms with Gasteiger partial charge in [-0.05, 0) is 5.56 Å². The minimum atomic E-state index is 0.723. The lowest BCUT2D eigenvalue weighted by atomic mass is 10.1. The van der Waals surface area contributed by atoms with Crippen LogP contribution in [-0.2, 0) is 6.42 Å². The molecule has 4 nitrogen and oxygen atoms in total. The van der Waals surface area contributed by atoms with Gasteiger partial charge in [0.2, 0.25) is 0 Å². The van der Waals surface area contributed by atoms with Crippen LogP contribution in [0, 0.1) is 0 Å². The van der Waals surface area contributed by atoms with E-state index < -0.39 is 0 Å². The zero-order valence-corrected chi connectivity index (χ0v) is 8.59. The van der Waals surface area contributed by atoms with Crippen molar-refractivity contribution in [3.63, 3.8) is 0 Å². The number of H-pyrrole nitrogens is 1. The van der Waals surface area contributed by atoms with Crippen LogP contribution in [-0.4, -0.2) is 19.9 Å². The Balaban J connectivity index is 1.94. The Morgan fingerprint density at radius 1 is 1.06 bits per heavy atom. The summed E-state index contributed by atoms with van der Waals surface area (Å²) < 4.78 is 0. The SMILES string of the molecule is c1ccc(Cc2ncc3[nH]cnc3n2)cc1. The van der Waals surface area contributed by atoms with Crippen LogP contribution in [0.4, 0.5) is 0 Å². The molecule has 1 N–H and O–H groups in total. The summed E-state index contributed by atoms with van der Waals surface area (Å²) in [5, 5.41) is 0. The fourth-order valence-electron chi connectivity index (χ4n) is 1.63. The molecule has 1 aromatic carbocycles. The van der Waals surface area contributed by atoms with Crippen LogP contribution >= 0.6 is 0 Å². The number of hydrogen-bond acceptors (Lipinski definition) is 3. The first-order chi connectivity index (χ1) is 7.92. The number of aromatic nitrogens is 4. The zero-order chi connectivity index (χ0) is 10.8. The van der Waals surface area contributed by atoms with E-state index in [2.05, 4.69) is 32.1 Å². The van der Waals surface area contributed by atoms with Crippen LogP contribution in [0.15, 0.2) is 42.9 Å². The molecule has 0 atom stereocenters. The van der Waals surface area contributed by atoms with Crippen LogP contribution in [0.1, 0.15) is 11.4 Å². The van der Waals surface area contributed by atoms with Crippen molar-refractivity contribution in [1.29, 1.82) is 0 Å². The summed E-state index contributed by atoms with van der Waals surface area (Å²) in [5.74, 6) is 0.797. The van der Waals surface area contributed by atoms with Gasteiger partial charge in [0.25, 0.3) is 0 Å². The molecular formula is C12H10N4. The number of hydrogen-bond donors (Lipinski definition) is 1. The third-order valence-electron chi connectivity index (χ3n) is 2.43. The van der Waals surface area contributed by atoms with Crippen molar-refractivity contribution in [2.75, 3.05) is 0 Å². The molecule has 78 valence electrons. The quantitative estimate of drug-likeness (QED) is 0.703. The largest absolute Gasteiger partial charge is 0.342 e. The van der Waals surface area contributed by atoms with E-state index in [0.717, 1.165) is 23.4 Å². The number of imidazole rings is 1. The predicted octanol–water partition coefficient (Wildman–Crippen LogP) is 1.94. The Morgan fingerprint density at radius 2 is 1.94 bits per heavy atom. The molecule has 0 radical (unpaired) electrons. The highest BCUT2D eigenvalue weighted by Gasteiger charge is 2.02. The molecule has 4 heteroatoms. The highest BCUT2D eigenvalue weighted by atomic mass is 15.0. The number of aromatic amines is 1. The van der Waals surface area contributed by atoms with Gasteiger partial charge in [-0.15, -0.1) is 0 Å². The molecule has 3 aromatic rings. The summed E-state index contributed by atoms with van der Waals surface area (Å²) in [7, 11) is 0. The molecule has 16 heavy (non-hydrogen) atoms. The fraction of sp³-hybridized carbons (Fsp3) is 0.0833. The summed E-state index contributed by atoms with van der Waals surface area (Å²) in [6.45, 7) is 0. The van der Waals surface area contributed by atoms with E-state index in [9.17, 15) is 0 Å². The average molecular weight is 210 g/mol. The second-order valence-electron chi connectivity index (χ2n) is 3.59. The molecule has 0 amide bonds. The third kappa shape index (κ3) is 1.65. The second-order valence-corrected chi connectivity index (χ2v) is 3.59. The third-order valence-corrected chi connectivity index (χ3v) is 2.43. The summed E-state index contributed by atoms with van der Waals surface area (Å²) in [5.41, 5.74) is 2.80. The van der Waals surface area contributed by atoms with Gasteiger partial charge in [-0.25, -0.2) is 15.0 Å². The van der Waals surface area contributed by atoms with Crippen molar-refractivity contribution in [3.8, 4) is 0 Å². The van der Waals surface area contributed by atoms with E-state index >= 15 is 0 Å². The van der Waals surface area contributed by atoms with E-state index in [1.807, 2.05) is 18.2 Å². The normalized spacial score (nSPS) is 10.8. The van der Waals surface area contributed by atoms with Gasteiger partial charge in [0, 0.05) is 6.42 Å². The van der Waals surface area contributed by atoms with Crippen molar-refractivity contribution in [1.82, 2.24) is 19.9 Å². The molecule has 0 unspecified atom stereocenters. The maximum absolute atomic E-state index is 4.38. The van der Waals surface area contributed by atoms with Crippen LogP contribution in [0.2, 0.25) is 0 Å². The van der Waals surface area contributed by atoms with E-state index in [0.29, 0.717) is 0 Å². The predicted molar refractivity (Wildman–Crippen MR) is 60.9 cm³/mol. The first-order valence-electron chi connectivity index (χ1n) is 5.11. The molecule has 2 heterocycles. The fourth-order valence-corrected chi connectivity index (χ4v) is 1.63. The maximum atomic E-state index is 4.38. The lowest BCUT2D eigenvalue weighted by molar-refractivity contribution is 0.986. The van der Waals surface area contributed by atoms with Gasteiger partial charge in [0.15, 0.2) is 5.65 Å². The number of fused-ring (bicyclic) bond motifs is 1. The van der Waals surface area contributed by atoms with E-state index in [1.54, 1.807) is 12.5 Å². The molecule has 0 aliphatic heterocycles. The van der Waals surface area contributed by atoms with Gasteiger partial charge in [-0.3, -0.25) is 0 Å². The van der Waals surface area contributed by atoms with Gasteiger partial charge < -0.3 is 4.98 Å². The first kappa shape index (κ1) is 9.03. The summed E-state index contributed by atoms with van der Waals surface area (Å²) in [4.78, 5) is 15.8. The molecule has 2 aromatic heterocycles. The van der Waals surface area contributed by atoms with Gasteiger partial charge >= 0.3 is 0 Å². The standard InChI is InChI=1S/C12H10N4/c1-2-4-9(5-3-1)6-11-13-7-10-12(16-11)15-8-14-10/h1-5,7-8H,6H2,(H,13,14,15,16). The summed E-state index contributed by atoms with van der Waals surface area (Å²) in [6, 6.07) is 10.2. The Hall–Kier alpha value is -2.23. The van der Waals surface area contributed by atoms with Crippen molar-refractivity contribution in [2.45, 2.75) is 6.42 Å². The second kappa shape index (κ2) is 3.73. The Bertz CT molecular complexity index is 600.